The molecule has 1 aliphatic heterocycles. The Bertz CT molecular complexity index is 957. The van der Waals surface area contributed by atoms with Crippen molar-refractivity contribution in [1.82, 2.24) is 14.6 Å². The van der Waals surface area contributed by atoms with E-state index in [2.05, 4.69) is 10.1 Å². The van der Waals surface area contributed by atoms with E-state index in [0.717, 1.165) is 36.9 Å². The maximum atomic E-state index is 12.4. The molecule has 1 aliphatic rings. The Morgan fingerprint density at radius 1 is 1.15 bits per heavy atom. The van der Waals surface area contributed by atoms with Gasteiger partial charge in [-0.3, -0.25) is 14.8 Å². The number of hydrazone groups is 1. The molecule has 0 radical (unpaired) electrons. The lowest BCUT2D eigenvalue weighted by molar-refractivity contribution is 0.240. The SMILES string of the molecule is COc1ccc(OC)c(-n2c(O)c(/C=N/N3CCCCC3)c(=O)[nH]c2=O)c1. The molecule has 1 aromatic carbocycles. The number of benzene rings is 1. The molecule has 9 nitrogen and oxygen atoms in total. The minimum atomic E-state index is -0.792. The number of hydrogen-bond acceptors (Lipinski definition) is 7. The van der Waals surface area contributed by atoms with E-state index in [0.29, 0.717) is 11.5 Å². The molecule has 0 saturated carbocycles. The summed E-state index contributed by atoms with van der Waals surface area (Å²) in [6.07, 6.45) is 4.49. The molecular weight excluding hydrogens is 352 g/mol. The fourth-order valence-corrected chi connectivity index (χ4v) is 2.98. The minimum absolute atomic E-state index is 0.106. The van der Waals surface area contributed by atoms with Crippen molar-refractivity contribution < 1.29 is 14.6 Å². The molecule has 2 N–H and O–H groups in total. The topological polar surface area (TPSA) is 109 Å². The predicted octanol–water partition coefficient (Wildman–Crippen LogP) is 1.07. The summed E-state index contributed by atoms with van der Waals surface area (Å²) in [5.74, 6) is 0.280. The first-order valence-electron chi connectivity index (χ1n) is 8.64. The third-order valence-electron chi connectivity index (χ3n) is 4.43. The zero-order chi connectivity index (χ0) is 19.4. The highest BCUT2D eigenvalue weighted by atomic mass is 16.5. The number of aromatic hydroxyl groups is 1. The first kappa shape index (κ1) is 18.6. The number of aromatic nitrogens is 2. The molecule has 0 aliphatic carbocycles. The number of nitrogens with zero attached hydrogens (tertiary/aromatic N) is 3. The van der Waals surface area contributed by atoms with Gasteiger partial charge in [-0.25, -0.2) is 9.36 Å². The molecular formula is C18H22N4O5. The summed E-state index contributed by atoms with van der Waals surface area (Å²) in [5, 5.41) is 16.8. The largest absolute Gasteiger partial charge is 0.497 e. The van der Waals surface area contributed by atoms with Crippen LogP contribution in [0, 0.1) is 0 Å². The number of aromatic amines is 1. The third kappa shape index (κ3) is 3.81. The van der Waals surface area contributed by atoms with Crippen LogP contribution in [0.25, 0.3) is 5.69 Å². The van der Waals surface area contributed by atoms with Crippen LogP contribution in [0.2, 0.25) is 0 Å². The first-order valence-corrected chi connectivity index (χ1v) is 8.64. The van der Waals surface area contributed by atoms with Gasteiger partial charge in [-0.1, -0.05) is 0 Å². The Kier molecular flexibility index (Phi) is 5.49. The molecule has 0 unspecified atom stereocenters. The summed E-state index contributed by atoms with van der Waals surface area (Å²) in [5.41, 5.74) is -1.37. The van der Waals surface area contributed by atoms with Crippen molar-refractivity contribution in [3.63, 3.8) is 0 Å². The number of ether oxygens (including phenoxy) is 2. The van der Waals surface area contributed by atoms with Crippen molar-refractivity contribution in [3.05, 3.63) is 44.6 Å². The van der Waals surface area contributed by atoms with Crippen LogP contribution in [0.1, 0.15) is 24.8 Å². The Morgan fingerprint density at radius 3 is 2.56 bits per heavy atom. The van der Waals surface area contributed by atoms with Gasteiger partial charge in [-0.05, 0) is 31.4 Å². The van der Waals surface area contributed by atoms with E-state index in [9.17, 15) is 14.7 Å². The van der Waals surface area contributed by atoms with E-state index < -0.39 is 17.1 Å². The quantitative estimate of drug-likeness (QED) is 0.758. The van der Waals surface area contributed by atoms with Gasteiger partial charge >= 0.3 is 5.69 Å². The summed E-state index contributed by atoms with van der Waals surface area (Å²) in [6, 6.07) is 4.80. The van der Waals surface area contributed by atoms with E-state index in [4.69, 9.17) is 9.47 Å². The van der Waals surface area contributed by atoms with Gasteiger partial charge in [0.2, 0.25) is 5.88 Å². The summed E-state index contributed by atoms with van der Waals surface area (Å²) in [4.78, 5) is 26.8. The average Bonchev–Trinajstić information content (AvgIpc) is 2.68. The molecule has 144 valence electrons. The molecule has 0 spiro atoms. The summed E-state index contributed by atoms with van der Waals surface area (Å²) in [7, 11) is 2.93. The van der Waals surface area contributed by atoms with Crippen LogP contribution in [0.15, 0.2) is 32.9 Å². The maximum absolute atomic E-state index is 12.4. The Hall–Kier alpha value is -3.23. The lowest BCUT2D eigenvalue weighted by atomic mass is 10.2. The number of H-pyrrole nitrogens is 1. The molecule has 9 heteroatoms. The first-order chi connectivity index (χ1) is 13.0. The number of nitrogens with one attached hydrogen (secondary N) is 1. The summed E-state index contributed by atoms with van der Waals surface area (Å²) < 4.78 is 11.4. The highest BCUT2D eigenvalue weighted by Gasteiger charge is 2.18. The van der Waals surface area contributed by atoms with E-state index in [1.54, 1.807) is 12.1 Å². The molecule has 1 aromatic heterocycles. The van der Waals surface area contributed by atoms with Gasteiger partial charge < -0.3 is 14.6 Å². The monoisotopic (exact) mass is 374 g/mol. The molecule has 0 atom stereocenters. The second-order valence-corrected chi connectivity index (χ2v) is 6.13. The van der Waals surface area contributed by atoms with Gasteiger partial charge in [0.25, 0.3) is 5.56 Å². The highest BCUT2D eigenvalue weighted by Crippen LogP contribution is 2.29. The third-order valence-corrected chi connectivity index (χ3v) is 4.43. The molecule has 2 aromatic rings. The number of piperidine rings is 1. The molecule has 3 rings (SSSR count). The zero-order valence-electron chi connectivity index (χ0n) is 15.3. The van der Waals surface area contributed by atoms with Gasteiger partial charge in [0.05, 0.1) is 26.1 Å². The van der Waals surface area contributed by atoms with Crippen LogP contribution in [-0.4, -0.2) is 53.2 Å². The molecule has 0 bridgehead atoms. The molecule has 1 saturated heterocycles. The van der Waals surface area contributed by atoms with Crippen molar-refractivity contribution >= 4 is 6.21 Å². The van der Waals surface area contributed by atoms with E-state index >= 15 is 0 Å². The van der Waals surface area contributed by atoms with Crippen molar-refractivity contribution in [3.8, 4) is 23.1 Å². The van der Waals surface area contributed by atoms with Crippen molar-refractivity contribution in [2.45, 2.75) is 19.3 Å². The fourth-order valence-electron chi connectivity index (χ4n) is 2.98. The van der Waals surface area contributed by atoms with E-state index in [1.807, 2.05) is 5.01 Å². The van der Waals surface area contributed by atoms with Crippen LogP contribution in [0.4, 0.5) is 0 Å². The second-order valence-electron chi connectivity index (χ2n) is 6.13. The number of methoxy groups -OCH3 is 2. The number of hydrogen-bond donors (Lipinski definition) is 2. The summed E-state index contributed by atoms with van der Waals surface area (Å²) >= 11 is 0. The zero-order valence-corrected chi connectivity index (χ0v) is 15.3. The van der Waals surface area contributed by atoms with Crippen LogP contribution in [0.3, 0.4) is 0 Å². The normalized spacial score (nSPS) is 14.5. The van der Waals surface area contributed by atoms with Gasteiger partial charge in [0.15, 0.2) is 0 Å². The Labute approximate surface area is 155 Å². The highest BCUT2D eigenvalue weighted by molar-refractivity contribution is 5.82. The molecule has 1 fully saturated rings. The summed E-state index contributed by atoms with van der Waals surface area (Å²) in [6.45, 7) is 1.58. The standard InChI is InChI=1S/C18H22N4O5/c1-26-12-6-7-15(27-2)14(10-12)22-17(24)13(16(23)20-18(22)25)11-19-21-8-4-3-5-9-21/h6-7,10-11,24H,3-5,8-9H2,1-2H3,(H,20,23,25)/b19-11+. The molecule has 0 amide bonds. The van der Waals surface area contributed by atoms with E-state index in [-0.39, 0.29) is 11.3 Å². The predicted molar refractivity (Wildman–Crippen MR) is 100 cm³/mol. The second kappa shape index (κ2) is 7.98. The van der Waals surface area contributed by atoms with Crippen LogP contribution in [-0.2, 0) is 0 Å². The van der Waals surface area contributed by atoms with Crippen LogP contribution >= 0.6 is 0 Å². The smallest absolute Gasteiger partial charge is 0.335 e. The van der Waals surface area contributed by atoms with Crippen molar-refractivity contribution in [2.75, 3.05) is 27.3 Å². The van der Waals surface area contributed by atoms with Gasteiger partial charge in [-0.15, -0.1) is 0 Å². The Morgan fingerprint density at radius 2 is 1.89 bits per heavy atom. The maximum Gasteiger partial charge on any atom is 0.335 e. The molecule has 2 heterocycles. The van der Waals surface area contributed by atoms with Crippen LogP contribution in [0.5, 0.6) is 17.4 Å². The Balaban J connectivity index is 2.11. The average molecular weight is 374 g/mol. The van der Waals surface area contributed by atoms with Crippen molar-refractivity contribution in [1.29, 1.82) is 0 Å². The van der Waals surface area contributed by atoms with Gasteiger partial charge in [0, 0.05) is 19.2 Å². The lowest BCUT2D eigenvalue weighted by Gasteiger charge is -2.23. The molecule has 27 heavy (non-hydrogen) atoms. The lowest BCUT2D eigenvalue weighted by Crippen LogP contribution is -2.32. The van der Waals surface area contributed by atoms with Gasteiger partial charge in [0.1, 0.15) is 17.1 Å². The number of rotatable bonds is 5. The van der Waals surface area contributed by atoms with E-state index in [1.165, 1.54) is 26.5 Å². The van der Waals surface area contributed by atoms with Crippen LogP contribution < -0.4 is 20.7 Å². The minimum Gasteiger partial charge on any atom is -0.497 e. The van der Waals surface area contributed by atoms with Crippen molar-refractivity contribution in [2.24, 2.45) is 5.10 Å². The fraction of sp³-hybridized carbons (Fsp3) is 0.389. The van der Waals surface area contributed by atoms with Gasteiger partial charge in [-0.2, -0.15) is 5.10 Å².